The molecular weight excluding hydrogens is 316 g/mol. The van der Waals surface area contributed by atoms with Crippen LogP contribution in [-0.2, 0) is 22.1 Å². The van der Waals surface area contributed by atoms with Crippen LogP contribution in [0.15, 0.2) is 47.1 Å². The molecule has 0 saturated heterocycles. The lowest BCUT2D eigenvalue weighted by Crippen LogP contribution is -2.25. The molecule has 1 aromatic heterocycles. The topological polar surface area (TPSA) is 102 Å². The SMILES string of the molecule is NCc1cc(C(=O)NCCCS(=O)(=O)Cc2ccccc2)co1. The standard InChI is InChI=1S/C16H20N2O4S/c17-10-15-9-14(11-22-15)16(19)18-7-4-8-23(20,21)12-13-5-2-1-3-6-13/h1-3,5-6,9,11H,4,7-8,10,12,17H2,(H,18,19). The van der Waals surface area contributed by atoms with E-state index in [0.29, 0.717) is 17.7 Å². The first kappa shape index (κ1) is 17.2. The van der Waals surface area contributed by atoms with Gasteiger partial charge in [0, 0.05) is 6.54 Å². The van der Waals surface area contributed by atoms with Crippen molar-refractivity contribution >= 4 is 15.7 Å². The molecule has 0 aliphatic rings. The number of hydrogen-bond acceptors (Lipinski definition) is 5. The Kier molecular flexibility index (Phi) is 5.95. The molecule has 1 aromatic carbocycles. The summed E-state index contributed by atoms with van der Waals surface area (Å²) in [5, 5.41) is 2.67. The number of nitrogens with two attached hydrogens (primary N) is 1. The average Bonchev–Trinajstić information content (AvgIpc) is 3.01. The van der Waals surface area contributed by atoms with E-state index >= 15 is 0 Å². The van der Waals surface area contributed by atoms with Crippen molar-refractivity contribution < 1.29 is 17.6 Å². The van der Waals surface area contributed by atoms with Gasteiger partial charge in [-0.05, 0) is 18.1 Å². The van der Waals surface area contributed by atoms with Gasteiger partial charge < -0.3 is 15.5 Å². The summed E-state index contributed by atoms with van der Waals surface area (Å²) in [5.41, 5.74) is 6.56. The Balaban J connectivity index is 1.75. The third kappa shape index (κ3) is 5.54. The molecule has 0 saturated carbocycles. The maximum atomic E-state index is 12.0. The van der Waals surface area contributed by atoms with Crippen LogP contribution in [0, 0.1) is 0 Å². The van der Waals surface area contributed by atoms with Crippen LogP contribution in [0.5, 0.6) is 0 Å². The van der Waals surface area contributed by atoms with Crippen LogP contribution in [0.2, 0.25) is 0 Å². The van der Waals surface area contributed by atoms with Crippen molar-refractivity contribution in [3.63, 3.8) is 0 Å². The van der Waals surface area contributed by atoms with Gasteiger partial charge in [0.15, 0.2) is 9.84 Å². The Bertz CT molecular complexity index is 738. The molecule has 7 heteroatoms. The summed E-state index contributed by atoms with van der Waals surface area (Å²) in [4.78, 5) is 11.8. The number of benzene rings is 1. The molecule has 23 heavy (non-hydrogen) atoms. The monoisotopic (exact) mass is 336 g/mol. The van der Waals surface area contributed by atoms with Crippen LogP contribution >= 0.6 is 0 Å². The van der Waals surface area contributed by atoms with E-state index in [1.807, 2.05) is 18.2 Å². The molecule has 6 nitrogen and oxygen atoms in total. The van der Waals surface area contributed by atoms with E-state index < -0.39 is 9.84 Å². The molecule has 0 atom stereocenters. The quantitative estimate of drug-likeness (QED) is 0.711. The lowest BCUT2D eigenvalue weighted by atomic mass is 10.2. The third-order valence-corrected chi connectivity index (χ3v) is 4.95. The van der Waals surface area contributed by atoms with Gasteiger partial charge in [-0.3, -0.25) is 4.79 Å². The van der Waals surface area contributed by atoms with Gasteiger partial charge in [-0.25, -0.2) is 8.42 Å². The van der Waals surface area contributed by atoms with E-state index in [1.54, 1.807) is 18.2 Å². The summed E-state index contributed by atoms with van der Waals surface area (Å²) in [6.07, 6.45) is 1.70. The van der Waals surface area contributed by atoms with E-state index in [0.717, 1.165) is 5.56 Å². The lowest BCUT2D eigenvalue weighted by Gasteiger charge is -2.06. The minimum Gasteiger partial charge on any atom is -0.467 e. The minimum absolute atomic E-state index is 0.0172. The van der Waals surface area contributed by atoms with Crippen LogP contribution in [0.3, 0.4) is 0 Å². The summed E-state index contributed by atoms with van der Waals surface area (Å²) >= 11 is 0. The van der Waals surface area contributed by atoms with Crippen LogP contribution in [-0.4, -0.2) is 26.6 Å². The number of nitrogens with one attached hydrogen (secondary N) is 1. The molecular formula is C16H20N2O4S. The van der Waals surface area contributed by atoms with Crippen molar-refractivity contribution in [2.75, 3.05) is 12.3 Å². The third-order valence-electron chi connectivity index (χ3n) is 3.26. The maximum absolute atomic E-state index is 12.0. The van der Waals surface area contributed by atoms with E-state index in [1.165, 1.54) is 6.26 Å². The predicted molar refractivity (Wildman–Crippen MR) is 87.5 cm³/mol. The van der Waals surface area contributed by atoms with Gasteiger partial charge in [-0.15, -0.1) is 0 Å². The Hall–Kier alpha value is -2.12. The zero-order valence-corrected chi connectivity index (χ0v) is 13.5. The number of rotatable bonds is 8. The lowest BCUT2D eigenvalue weighted by molar-refractivity contribution is 0.0953. The smallest absolute Gasteiger partial charge is 0.254 e. The Morgan fingerprint density at radius 3 is 2.61 bits per heavy atom. The Morgan fingerprint density at radius 2 is 1.96 bits per heavy atom. The average molecular weight is 336 g/mol. The first-order valence-electron chi connectivity index (χ1n) is 7.30. The second-order valence-corrected chi connectivity index (χ2v) is 7.38. The van der Waals surface area contributed by atoms with E-state index in [9.17, 15) is 13.2 Å². The summed E-state index contributed by atoms with van der Waals surface area (Å²) in [7, 11) is -3.18. The highest BCUT2D eigenvalue weighted by atomic mass is 32.2. The predicted octanol–water partition coefficient (Wildman–Crippen LogP) is 1.47. The molecule has 0 fully saturated rings. The number of sulfone groups is 1. The summed E-state index contributed by atoms with van der Waals surface area (Å²) < 4.78 is 29.1. The van der Waals surface area contributed by atoms with Crippen molar-refractivity contribution in [3.05, 3.63) is 59.5 Å². The summed E-state index contributed by atoms with van der Waals surface area (Å²) in [5.74, 6) is 0.278. The molecule has 2 rings (SSSR count). The van der Waals surface area contributed by atoms with Gasteiger partial charge in [-0.2, -0.15) is 0 Å². The largest absolute Gasteiger partial charge is 0.467 e. The van der Waals surface area contributed by atoms with Gasteiger partial charge >= 0.3 is 0 Å². The maximum Gasteiger partial charge on any atom is 0.254 e. The van der Waals surface area contributed by atoms with Gasteiger partial charge in [0.2, 0.25) is 0 Å². The summed E-state index contributed by atoms with van der Waals surface area (Å²) in [6, 6.07) is 10.6. The number of amides is 1. The highest BCUT2D eigenvalue weighted by Gasteiger charge is 2.13. The molecule has 0 spiro atoms. The van der Waals surface area contributed by atoms with Crippen molar-refractivity contribution in [2.24, 2.45) is 5.73 Å². The molecule has 0 aliphatic carbocycles. The fourth-order valence-corrected chi connectivity index (χ4v) is 3.53. The molecule has 1 heterocycles. The Morgan fingerprint density at radius 1 is 1.22 bits per heavy atom. The molecule has 0 aliphatic heterocycles. The fraction of sp³-hybridized carbons (Fsp3) is 0.312. The first-order chi connectivity index (χ1) is 11.0. The first-order valence-corrected chi connectivity index (χ1v) is 9.12. The van der Waals surface area contributed by atoms with Gasteiger partial charge in [0.05, 0.1) is 23.6 Å². The van der Waals surface area contributed by atoms with Crippen LogP contribution in [0.1, 0.15) is 28.1 Å². The van der Waals surface area contributed by atoms with Gasteiger partial charge in [0.1, 0.15) is 12.0 Å². The molecule has 0 bridgehead atoms. The van der Waals surface area contributed by atoms with Crippen LogP contribution in [0.25, 0.3) is 0 Å². The van der Waals surface area contributed by atoms with E-state index in [-0.39, 0.29) is 30.5 Å². The molecule has 0 unspecified atom stereocenters. The van der Waals surface area contributed by atoms with Crippen LogP contribution in [0.4, 0.5) is 0 Å². The molecule has 3 N–H and O–H groups in total. The fourth-order valence-electron chi connectivity index (χ4n) is 2.10. The zero-order valence-electron chi connectivity index (χ0n) is 12.7. The van der Waals surface area contributed by atoms with Crippen molar-refractivity contribution in [1.82, 2.24) is 5.32 Å². The number of carbonyl (C=O) groups excluding carboxylic acids is 1. The second-order valence-electron chi connectivity index (χ2n) is 5.19. The number of hydrogen-bond donors (Lipinski definition) is 2. The second kappa shape index (κ2) is 7.94. The van der Waals surface area contributed by atoms with Crippen molar-refractivity contribution in [3.8, 4) is 0 Å². The van der Waals surface area contributed by atoms with Crippen LogP contribution < -0.4 is 11.1 Å². The molecule has 0 radical (unpaired) electrons. The normalized spacial score (nSPS) is 11.3. The molecule has 1 amide bonds. The highest BCUT2D eigenvalue weighted by Crippen LogP contribution is 2.08. The number of furan rings is 1. The van der Waals surface area contributed by atoms with Crippen molar-refractivity contribution in [2.45, 2.75) is 18.7 Å². The van der Waals surface area contributed by atoms with Gasteiger partial charge in [-0.1, -0.05) is 30.3 Å². The zero-order chi connectivity index (χ0) is 16.7. The van der Waals surface area contributed by atoms with E-state index in [4.69, 9.17) is 10.2 Å². The number of carbonyl (C=O) groups is 1. The highest BCUT2D eigenvalue weighted by molar-refractivity contribution is 7.90. The summed E-state index contributed by atoms with van der Waals surface area (Å²) in [6.45, 7) is 0.515. The molecule has 2 aromatic rings. The molecule has 124 valence electrons. The van der Waals surface area contributed by atoms with E-state index in [2.05, 4.69) is 5.32 Å². The van der Waals surface area contributed by atoms with Gasteiger partial charge in [0.25, 0.3) is 5.91 Å². The minimum atomic E-state index is -3.18. The van der Waals surface area contributed by atoms with Crippen molar-refractivity contribution in [1.29, 1.82) is 0 Å². The Labute approximate surface area is 135 Å².